The van der Waals surface area contributed by atoms with Crippen LogP contribution in [0.25, 0.3) is 0 Å². The molecule has 1 heterocycles. The van der Waals surface area contributed by atoms with E-state index in [9.17, 15) is 4.79 Å². The fourth-order valence-electron chi connectivity index (χ4n) is 3.26. The van der Waals surface area contributed by atoms with Gasteiger partial charge >= 0.3 is 0 Å². The van der Waals surface area contributed by atoms with Crippen molar-refractivity contribution in [3.63, 3.8) is 0 Å². The van der Waals surface area contributed by atoms with Crippen molar-refractivity contribution in [3.8, 4) is 0 Å². The molecule has 1 aliphatic heterocycles. The van der Waals surface area contributed by atoms with Crippen molar-refractivity contribution in [2.75, 3.05) is 32.7 Å². The van der Waals surface area contributed by atoms with Gasteiger partial charge in [0.15, 0.2) is 0 Å². The van der Waals surface area contributed by atoms with Gasteiger partial charge in [0.25, 0.3) is 0 Å². The molecule has 1 fully saturated rings. The van der Waals surface area contributed by atoms with E-state index in [0.29, 0.717) is 6.54 Å². The summed E-state index contributed by atoms with van der Waals surface area (Å²) in [5.74, 6) is 0.105. The molecule has 0 bridgehead atoms. The number of piperazine rings is 1. The average molecular weight is 337 g/mol. The van der Waals surface area contributed by atoms with Crippen LogP contribution < -0.4 is 5.32 Å². The summed E-state index contributed by atoms with van der Waals surface area (Å²) < 4.78 is 0. The zero-order chi connectivity index (χ0) is 17.5. The maximum Gasteiger partial charge on any atom is 0.234 e. The lowest BCUT2D eigenvalue weighted by molar-refractivity contribution is -0.123. The van der Waals surface area contributed by atoms with Crippen molar-refractivity contribution >= 4 is 5.91 Å². The standard InChI is InChI=1S/C21H27N3O/c1-18(20-10-6-3-7-11-20)22-21(25)17-24-14-12-23(13-15-24)16-19-8-4-2-5-9-19/h2-11,18H,12-17H2,1H3,(H,22,25). The highest BCUT2D eigenvalue weighted by Crippen LogP contribution is 2.12. The summed E-state index contributed by atoms with van der Waals surface area (Å²) >= 11 is 0. The number of nitrogens with one attached hydrogen (secondary N) is 1. The van der Waals surface area contributed by atoms with Crippen LogP contribution in [-0.2, 0) is 11.3 Å². The highest BCUT2D eigenvalue weighted by molar-refractivity contribution is 5.78. The molecule has 132 valence electrons. The van der Waals surface area contributed by atoms with E-state index in [0.717, 1.165) is 38.3 Å². The van der Waals surface area contributed by atoms with Crippen LogP contribution in [0, 0.1) is 0 Å². The van der Waals surface area contributed by atoms with Crippen molar-refractivity contribution in [2.45, 2.75) is 19.5 Å². The number of hydrogen-bond acceptors (Lipinski definition) is 3. The zero-order valence-corrected chi connectivity index (χ0v) is 14.9. The molecule has 4 nitrogen and oxygen atoms in total. The molecule has 4 heteroatoms. The first-order chi connectivity index (χ1) is 12.2. The van der Waals surface area contributed by atoms with E-state index in [1.807, 2.05) is 37.3 Å². The second kappa shape index (κ2) is 8.79. The van der Waals surface area contributed by atoms with Gasteiger partial charge in [-0.05, 0) is 18.1 Å². The molecule has 2 aromatic carbocycles. The lowest BCUT2D eigenvalue weighted by Crippen LogP contribution is -2.49. The maximum atomic E-state index is 12.3. The normalized spacial score (nSPS) is 17.2. The van der Waals surface area contributed by atoms with Crippen LogP contribution in [0.4, 0.5) is 0 Å². The van der Waals surface area contributed by atoms with E-state index >= 15 is 0 Å². The quantitative estimate of drug-likeness (QED) is 0.880. The van der Waals surface area contributed by atoms with E-state index in [1.54, 1.807) is 0 Å². The number of amides is 1. The van der Waals surface area contributed by atoms with Crippen molar-refractivity contribution in [2.24, 2.45) is 0 Å². The molecule has 0 aliphatic carbocycles. The Hall–Kier alpha value is -2.17. The number of hydrogen-bond donors (Lipinski definition) is 1. The van der Waals surface area contributed by atoms with Crippen molar-refractivity contribution in [1.29, 1.82) is 0 Å². The predicted octanol–water partition coefficient (Wildman–Crippen LogP) is 2.68. The first-order valence-corrected chi connectivity index (χ1v) is 9.03. The van der Waals surface area contributed by atoms with E-state index in [2.05, 4.69) is 45.4 Å². The van der Waals surface area contributed by atoms with Gasteiger partial charge in [-0.3, -0.25) is 14.6 Å². The Bertz CT molecular complexity index is 651. The Morgan fingerprint density at radius 2 is 1.48 bits per heavy atom. The smallest absolute Gasteiger partial charge is 0.234 e. The van der Waals surface area contributed by atoms with Crippen LogP contribution in [0.1, 0.15) is 24.1 Å². The SMILES string of the molecule is CC(NC(=O)CN1CCN(Cc2ccccc2)CC1)c1ccccc1. The van der Waals surface area contributed by atoms with Gasteiger partial charge in [0.2, 0.25) is 5.91 Å². The lowest BCUT2D eigenvalue weighted by atomic mass is 10.1. The van der Waals surface area contributed by atoms with Crippen LogP contribution in [0.2, 0.25) is 0 Å². The Kier molecular flexibility index (Phi) is 6.20. The molecule has 1 atom stereocenters. The minimum Gasteiger partial charge on any atom is -0.348 e. The summed E-state index contributed by atoms with van der Waals surface area (Å²) in [4.78, 5) is 17.0. The van der Waals surface area contributed by atoms with E-state index in [-0.39, 0.29) is 11.9 Å². The Morgan fingerprint density at radius 3 is 2.12 bits per heavy atom. The molecule has 1 N–H and O–H groups in total. The Balaban J connectivity index is 1.40. The van der Waals surface area contributed by atoms with Crippen LogP contribution in [0.3, 0.4) is 0 Å². The van der Waals surface area contributed by atoms with Crippen LogP contribution in [0.5, 0.6) is 0 Å². The molecule has 0 saturated carbocycles. The third-order valence-corrected chi connectivity index (χ3v) is 4.76. The van der Waals surface area contributed by atoms with Gasteiger partial charge in [-0.1, -0.05) is 60.7 Å². The number of benzene rings is 2. The topological polar surface area (TPSA) is 35.6 Å². The third kappa shape index (κ3) is 5.41. The van der Waals surface area contributed by atoms with Crippen molar-refractivity contribution in [3.05, 3.63) is 71.8 Å². The van der Waals surface area contributed by atoms with Crippen molar-refractivity contribution < 1.29 is 4.79 Å². The van der Waals surface area contributed by atoms with E-state index in [1.165, 1.54) is 5.56 Å². The first kappa shape index (κ1) is 17.6. The summed E-state index contributed by atoms with van der Waals surface area (Å²) in [6.45, 7) is 7.42. The number of carbonyl (C=O) groups excluding carboxylic acids is 1. The monoisotopic (exact) mass is 337 g/mol. The van der Waals surface area contributed by atoms with Gasteiger partial charge in [-0.2, -0.15) is 0 Å². The van der Waals surface area contributed by atoms with Crippen LogP contribution >= 0.6 is 0 Å². The van der Waals surface area contributed by atoms with Gasteiger partial charge in [-0.15, -0.1) is 0 Å². The molecule has 0 aromatic heterocycles. The summed E-state index contributed by atoms with van der Waals surface area (Å²) in [5.41, 5.74) is 2.49. The minimum absolute atomic E-state index is 0.0491. The molecule has 0 radical (unpaired) electrons. The molecule has 1 aliphatic rings. The molecule has 0 spiro atoms. The minimum atomic E-state index is 0.0491. The van der Waals surface area contributed by atoms with E-state index < -0.39 is 0 Å². The number of nitrogens with zero attached hydrogens (tertiary/aromatic N) is 2. The summed E-state index contributed by atoms with van der Waals surface area (Å²) in [6.07, 6.45) is 0. The van der Waals surface area contributed by atoms with Gasteiger partial charge in [-0.25, -0.2) is 0 Å². The first-order valence-electron chi connectivity index (χ1n) is 9.03. The summed E-state index contributed by atoms with van der Waals surface area (Å²) in [6, 6.07) is 20.7. The fraction of sp³-hybridized carbons (Fsp3) is 0.381. The number of carbonyl (C=O) groups is 1. The molecule has 1 amide bonds. The van der Waals surface area contributed by atoms with Gasteiger partial charge < -0.3 is 5.32 Å². The second-order valence-corrected chi connectivity index (χ2v) is 6.74. The fourth-order valence-corrected chi connectivity index (χ4v) is 3.26. The van der Waals surface area contributed by atoms with Gasteiger partial charge in [0.1, 0.15) is 0 Å². The summed E-state index contributed by atoms with van der Waals surface area (Å²) in [5, 5.41) is 3.10. The zero-order valence-electron chi connectivity index (χ0n) is 14.9. The van der Waals surface area contributed by atoms with E-state index in [4.69, 9.17) is 0 Å². The molecule has 1 unspecified atom stereocenters. The predicted molar refractivity (Wildman–Crippen MR) is 101 cm³/mol. The van der Waals surface area contributed by atoms with Gasteiger partial charge in [0.05, 0.1) is 12.6 Å². The molecule has 25 heavy (non-hydrogen) atoms. The average Bonchev–Trinajstić information content (AvgIpc) is 2.65. The highest BCUT2D eigenvalue weighted by atomic mass is 16.2. The highest BCUT2D eigenvalue weighted by Gasteiger charge is 2.19. The van der Waals surface area contributed by atoms with Crippen molar-refractivity contribution in [1.82, 2.24) is 15.1 Å². The van der Waals surface area contributed by atoms with Gasteiger partial charge in [0, 0.05) is 32.7 Å². The molecular formula is C21H27N3O. The molecular weight excluding hydrogens is 310 g/mol. The second-order valence-electron chi connectivity index (χ2n) is 6.74. The Labute approximate surface area is 150 Å². The lowest BCUT2D eigenvalue weighted by Gasteiger charge is -2.34. The molecule has 2 aromatic rings. The van der Waals surface area contributed by atoms with Crippen LogP contribution in [0.15, 0.2) is 60.7 Å². The third-order valence-electron chi connectivity index (χ3n) is 4.76. The Morgan fingerprint density at radius 1 is 0.920 bits per heavy atom. The molecule has 1 saturated heterocycles. The van der Waals surface area contributed by atoms with Crippen LogP contribution in [-0.4, -0.2) is 48.4 Å². The largest absolute Gasteiger partial charge is 0.348 e. The summed E-state index contributed by atoms with van der Waals surface area (Å²) in [7, 11) is 0. The molecule has 3 rings (SSSR count). The maximum absolute atomic E-state index is 12.3. The number of rotatable bonds is 6.